The highest BCUT2D eigenvalue weighted by Gasteiger charge is 2.40. The molecule has 0 spiro atoms. The topological polar surface area (TPSA) is 22.0 Å². The van der Waals surface area contributed by atoms with Crippen molar-refractivity contribution in [2.75, 3.05) is 0 Å². The van der Waals surface area contributed by atoms with Crippen molar-refractivity contribution in [1.82, 2.24) is 4.57 Å². The molecule has 0 atom stereocenters. The van der Waals surface area contributed by atoms with Gasteiger partial charge in [0, 0.05) is 12.7 Å². The third kappa shape index (κ3) is 3.12. The number of rotatable bonds is 4. The Morgan fingerprint density at radius 1 is 1.44 bits per heavy atom. The van der Waals surface area contributed by atoms with E-state index in [1.165, 1.54) is 22.9 Å². The van der Waals surface area contributed by atoms with Crippen molar-refractivity contribution in [2.24, 2.45) is 5.92 Å². The van der Waals surface area contributed by atoms with Gasteiger partial charge in [-0.15, -0.1) is 0 Å². The Morgan fingerprint density at radius 2 is 2.06 bits per heavy atom. The third-order valence-electron chi connectivity index (χ3n) is 2.27. The Morgan fingerprint density at radius 3 is 2.56 bits per heavy atom. The summed E-state index contributed by atoms with van der Waals surface area (Å²) >= 11 is 0. The van der Waals surface area contributed by atoms with Crippen LogP contribution in [0.5, 0.6) is 0 Å². The van der Waals surface area contributed by atoms with E-state index in [4.69, 9.17) is 0 Å². The van der Waals surface area contributed by atoms with Gasteiger partial charge in [-0.05, 0) is 24.5 Å². The maximum atomic E-state index is 12.2. The standard InChI is InChI=1S/C11H14F3NO/c1-8(2)5-7-15-6-3-4-9(15)10(16)11(12,13)14/h3-4,6,8H,5,7H2,1-2H3. The molecule has 0 N–H and O–H groups in total. The van der Waals surface area contributed by atoms with Crippen LogP contribution in [0.4, 0.5) is 13.2 Å². The summed E-state index contributed by atoms with van der Waals surface area (Å²) in [5, 5.41) is 0. The smallest absolute Gasteiger partial charge is 0.345 e. The van der Waals surface area contributed by atoms with E-state index in [0.717, 1.165) is 6.42 Å². The van der Waals surface area contributed by atoms with Crippen molar-refractivity contribution in [3.8, 4) is 0 Å². The molecule has 90 valence electrons. The normalized spacial score (nSPS) is 12.1. The van der Waals surface area contributed by atoms with Gasteiger partial charge in [0.1, 0.15) is 0 Å². The summed E-state index contributed by atoms with van der Waals surface area (Å²) in [7, 11) is 0. The molecule has 5 heteroatoms. The van der Waals surface area contributed by atoms with Crippen LogP contribution in [0.3, 0.4) is 0 Å². The van der Waals surface area contributed by atoms with Crippen molar-refractivity contribution in [3.05, 3.63) is 24.0 Å². The Labute approximate surface area is 92.1 Å². The number of aromatic nitrogens is 1. The van der Waals surface area contributed by atoms with Gasteiger partial charge in [0.05, 0.1) is 5.69 Å². The number of aryl methyl sites for hydroxylation is 1. The second-order valence-electron chi connectivity index (χ2n) is 4.10. The molecule has 0 unspecified atom stereocenters. The van der Waals surface area contributed by atoms with Crippen LogP contribution in [-0.2, 0) is 6.54 Å². The summed E-state index contributed by atoms with van der Waals surface area (Å²) in [4.78, 5) is 11.0. The molecule has 0 aliphatic carbocycles. The number of Topliss-reactive ketones (excluding diaryl/α,β-unsaturated/α-hetero) is 1. The van der Waals surface area contributed by atoms with E-state index in [2.05, 4.69) is 0 Å². The number of carbonyl (C=O) groups is 1. The Balaban J connectivity index is 2.82. The van der Waals surface area contributed by atoms with Gasteiger partial charge in [0.15, 0.2) is 0 Å². The Hall–Kier alpha value is -1.26. The van der Waals surface area contributed by atoms with E-state index >= 15 is 0 Å². The van der Waals surface area contributed by atoms with Gasteiger partial charge in [-0.1, -0.05) is 13.8 Å². The molecule has 0 aromatic carbocycles. The van der Waals surface area contributed by atoms with E-state index in [1.54, 1.807) is 0 Å². The van der Waals surface area contributed by atoms with Crippen LogP contribution in [0.2, 0.25) is 0 Å². The first kappa shape index (κ1) is 12.8. The molecule has 0 radical (unpaired) electrons. The maximum Gasteiger partial charge on any atom is 0.456 e. The number of nitrogens with zero attached hydrogens (tertiary/aromatic N) is 1. The minimum Gasteiger partial charge on any atom is -0.345 e. The molecule has 2 nitrogen and oxygen atoms in total. The van der Waals surface area contributed by atoms with E-state index in [9.17, 15) is 18.0 Å². The van der Waals surface area contributed by atoms with Crippen molar-refractivity contribution in [2.45, 2.75) is 33.0 Å². The van der Waals surface area contributed by atoms with Gasteiger partial charge in [0.2, 0.25) is 0 Å². The molecule has 0 fully saturated rings. The van der Waals surface area contributed by atoms with Gasteiger partial charge in [-0.25, -0.2) is 0 Å². The lowest BCUT2D eigenvalue weighted by atomic mass is 10.1. The third-order valence-corrected chi connectivity index (χ3v) is 2.27. The summed E-state index contributed by atoms with van der Waals surface area (Å²) in [5.41, 5.74) is -0.284. The summed E-state index contributed by atoms with van der Waals surface area (Å²) in [6.45, 7) is 4.39. The predicted octanol–water partition coefficient (Wildman–Crippen LogP) is 3.28. The quantitative estimate of drug-likeness (QED) is 0.731. The summed E-state index contributed by atoms with van der Waals surface area (Å²) < 4.78 is 38.0. The molecule has 0 saturated carbocycles. The van der Waals surface area contributed by atoms with Gasteiger partial charge >= 0.3 is 6.18 Å². The van der Waals surface area contributed by atoms with Crippen LogP contribution < -0.4 is 0 Å². The number of ketones is 1. The first-order valence-electron chi connectivity index (χ1n) is 5.09. The number of hydrogen-bond acceptors (Lipinski definition) is 1. The Bertz CT molecular complexity index is 366. The van der Waals surface area contributed by atoms with E-state index < -0.39 is 12.0 Å². The van der Waals surface area contributed by atoms with E-state index in [-0.39, 0.29) is 5.69 Å². The van der Waals surface area contributed by atoms with Crippen molar-refractivity contribution < 1.29 is 18.0 Å². The second-order valence-corrected chi connectivity index (χ2v) is 4.10. The average molecular weight is 233 g/mol. The second kappa shape index (κ2) is 4.72. The largest absolute Gasteiger partial charge is 0.456 e. The molecule has 0 aliphatic rings. The molecular weight excluding hydrogens is 219 g/mol. The number of carbonyl (C=O) groups excluding carboxylic acids is 1. The molecular formula is C11H14F3NO. The molecule has 0 aliphatic heterocycles. The van der Waals surface area contributed by atoms with Gasteiger partial charge in [0.25, 0.3) is 5.78 Å². The van der Waals surface area contributed by atoms with E-state index in [0.29, 0.717) is 12.5 Å². The minimum atomic E-state index is -4.80. The first-order chi connectivity index (χ1) is 7.32. The van der Waals surface area contributed by atoms with Crippen molar-refractivity contribution in [1.29, 1.82) is 0 Å². The van der Waals surface area contributed by atoms with Crippen LogP contribution in [0, 0.1) is 5.92 Å². The lowest BCUT2D eigenvalue weighted by Gasteiger charge is -2.11. The molecule has 0 saturated heterocycles. The fourth-order valence-electron chi connectivity index (χ4n) is 1.36. The van der Waals surface area contributed by atoms with Gasteiger partial charge in [-0.2, -0.15) is 13.2 Å². The summed E-state index contributed by atoms with van der Waals surface area (Å²) in [6, 6.07) is 2.66. The number of halogens is 3. The zero-order valence-electron chi connectivity index (χ0n) is 9.21. The molecule has 1 aromatic heterocycles. The first-order valence-corrected chi connectivity index (χ1v) is 5.09. The predicted molar refractivity (Wildman–Crippen MR) is 54.3 cm³/mol. The fourth-order valence-corrected chi connectivity index (χ4v) is 1.36. The summed E-state index contributed by atoms with van der Waals surface area (Å²) in [5.74, 6) is -1.39. The zero-order valence-corrected chi connectivity index (χ0v) is 9.21. The molecule has 1 rings (SSSR count). The molecule has 1 aromatic rings. The van der Waals surface area contributed by atoms with Gasteiger partial charge < -0.3 is 4.57 Å². The lowest BCUT2D eigenvalue weighted by Crippen LogP contribution is -2.25. The molecule has 16 heavy (non-hydrogen) atoms. The average Bonchev–Trinajstić information content (AvgIpc) is 2.59. The molecule has 0 bridgehead atoms. The summed E-state index contributed by atoms with van der Waals surface area (Å²) in [6.07, 6.45) is -2.55. The highest BCUT2D eigenvalue weighted by atomic mass is 19.4. The monoisotopic (exact) mass is 233 g/mol. The van der Waals surface area contributed by atoms with Crippen molar-refractivity contribution in [3.63, 3.8) is 0 Å². The minimum absolute atomic E-state index is 0.284. The zero-order chi connectivity index (χ0) is 12.3. The number of hydrogen-bond donors (Lipinski definition) is 0. The highest BCUT2D eigenvalue weighted by molar-refractivity contribution is 5.98. The van der Waals surface area contributed by atoms with Crippen LogP contribution >= 0.6 is 0 Å². The van der Waals surface area contributed by atoms with E-state index in [1.807, 2.05) is 13.8 Å². The SMILES string of the molecule is CC(C)CCn1cccc1C(=O)C(F)(F)F. The molecule has 0 amide bonds. The van der Waals surface area contributed by atoms with Crippen molar-refractivity contribution >= 4 is 5.78 Å². The number of alkyl halides is 3. The highest BCUT2D eigenvalue weighted by Crippen LogP contribution is 2.22. The van der Waals surface area contributed by atoms with Crippen LogP contribution in [0.15, 0.2) is 18.3 Å². The molecule has 1 heterocycles. The van der Waals surface area contributed by atoms with Crippen LogP contribution in [0.1, 0.15) is 30.8 Å². The lowest BCUT2D eigenvalue weighted by molar-refractivity contribution is -0.0890. The fraction of sp³-hybridized carbons (Fsp3) is 0.545. The van der Waals surface area contributed by atoms with Crippen LogP contribution in [-0.4, -0.2) is 16.5 Å². The van der Waals surface area contributed by atoms with Crippen LogP contribution in [0.25, 0.3) is 0 Å². The Kier molecular flexibility index (Phi) is 3.78. The maximum absolute atomic E-state index is 12.2. The van der Waals surface area contributed by atoms with Gasteiger partial charge in [-0.3, -0.25) is 4.79 Å².